The summed E-state index contributed by atoms with van der Waals surface area (Å²) < 4.78 is 5.27. The molecule has 2 aliphatic rings. The molecule has 0 spiro atoms. The molecule has 1 unspecified atom stereocenters. The number of rotatable bonds is 1. The largest absolute Gasteiger partial charge is 0.384 e. The van der Waals surface area contributed by atoms with E-state index in [0.717, 1.165) is 25.2 Å². The van der Waals surface area contributed by atoms with Gasteiger partial charge in [0.05, 0.1) is 18.9 Å². The highest BCUT2D eigenvalue weighted by atomic mass is 16.5. The number of amides is 2. The fourth-order valence-electron chi connectivity index (χ4n) is 2.69. The summed E-state index contributed by atoms with van der Waals surface area (Å²) >= 11 is 0. The van der Waals surface area contributed by atoms with Gasteiger partial charge in [-0.05, 0) is 6.42 Å². The van der Waals surface area contributed by atoms with Crippen molar-refractivity contribution in [2.24, 2.45) is 0 Å². The number of aromatic nitrogens is 2. The highest BCUT2D eigenvalue weighted by Gasteiger charge is 2.31. The van der Waals surface area contributed by atoms with Crippen LogP contribution in [0.2, 0.25) is 0 Å². The second-order valence-corrected chi connectivity index (χ2v) is 5.06. The average Bonchev–Trinajstić information content (AvgIpc) is 3.07. The quantitative estimate of drug-likeness (QED) is 0.761. The van der Waals surface area contributed by atoms with Gasteiger partial charge in [0.2, 0.25) is 0 Å². The molecule has 1 aromatic rings. The number of nitrogens with two attached hydrogens (primary N) is 1. The van der Waals surface area contributed by atoms with Gasteiger partial charge in [-0.2, -0.15) is 5.10 Å². The lowest BCUT2D eigenvalue weighted by atomic mass is 10.1. The number of H-pyrrole nitrogens is 1. The van der Waals surface area contributed by atoms with Gasteiger partial charge in [0, 0.05) is 38.2 Å². The van der Waals surface area contributed by atoms with Crippen LogP contribution in [-0.4, -0.2) is 65.4 Å². The monoisotopic (exact) mass is 265 g/mol. The maximum Gasteiger partial charge on any atom is 0.320 e. The van der Waals surface area contributed by atoms with E-state index >= 15 is 0 Å². The fourth-order valence-corrected chi connectivity index (χ4v) is 2.69. The van der Waals surface area contributed by atoms with Crippen LogP contribution in [0.3, 0.4) is 0 Å². The van der Waals surface area contributed by atoms with Crippen molar-refractivity contribution in [3.63, 3.8) is 0 Å². The SMILES string of the molecule is Nc1cc(C2CCN(C(=O)N3CCOCC3)C2)n[nH]1. The van der Waals surface area contributed by atoms with Crippen LogP contribution in [0.15, 0.2) is 6.07 Å². The molecule has 1 atom stereocenters. The van der Waals surface area contributed by atoms with Gasteiger partial charge in [-0.15, -0.1) is 0 Å². The van der Waals surface area contributed by atoms with Crippen molar-refractivity contribution in [1.29, 1.82) is 0 Å². The molecule has 3 N–H and O–H groups in total. The Morgan fingerprint density at radius 3 is 2.84 bits per heavy atom. The maximum absolute atomic E-state index is 12.3. The number of hydrogen-bond donors (Lipinski definition) is 2. The van der Waals surface area contributed by atoms with Crippen molar-refractivity contribution in [3.8, 4) is 0 Å². The van der Waals surface area contributed by atoms with Crippen molar-refractivity contribution in [2.45, 2.75) is 12.3 Å². The van der Waals surface area contributed by atoms with E-state index in [-0.39, 0.29) is 6.03 Å². The number of aromatic amines is 1. The Balaban J connectivity index is 1.60. The Bertz CT molecular complexity index is 455. The van der Waals surface area contributed by atoms with Gasteiger partial charge >= 0.3 is 6.03 Å². The topological polar surface area (TPSA) is 87.5 Å². The van der Waals surface area contributed by atoms with Crippen LogP contribution in [-0.2, 0) is 4.74 Å². The molecule has 2 amide bonds. The van der Waals surface area contributed by atoms with Crippen molar-refractivity contribution in [3.05, 3.63) is 11.8 Å². The Morgan fingerprint density at radius 1 is 1.37 bits per heavy atom. The maximum atomic E-state index is 12.3. The standard InChI is InChI=1S/C12H19N5O2/c13-11-7-10(14-15-11)9-1-2-17(8-9)12(18)16-3-5-19-6-4-16/h7,9H,1-6,8H2,(H3,13,14,15). The summed E-state index contributed by atoms with van der Waals surface area (Å²) in [6, 6.07) is 1.97. The first-order valence-electron chi connectivity index (χ1n) is 6.66. The molecule has 0 radical (unpaired) electrons. The van der Waals surface area contributed by atoms with E-state index in [0.29, 0.717) is 38.0 Å². The number of nitrogen functional groups attached to an aromatic ring is 1. The van der Waals surface area contributed by atoms with Crippen molar-refractivity contribution >= 4 is 11.8 Å². The van der Waals surface area contributed by atoms with E-state index in [4.69, 9.17) is 10.5 Å². The minimum absolute atomic E-state index is 0.120. The van der Waals surface area contributed by atoms with Crippen molar-refractivity contribution in [1.82, 2.24) is 20.0 Å². The number of likely N-dealkylation sites (tertiary alicyclic amines) is 1. The number of morpholine rings is 1. The van der Waals surface area contributed by atoms with Gasteiger partial charge in [0.15, 0.2) is 0 Å². The molecule has 2 aliphatic heterocycles. The third kappa shape index (κ3) is 2.51. The average molecular weight is 265 g/mol. The van der Waals surface area contributed by atoms with Gasteiger partial charge in [-0.3, -0.25) is 5.10 Å². The Hall–Kier alpha value is -1.76. The minimum atomic E-state index is 0.120. The molecular formula is C12H19N5O2. The zero-order valence-corrected chi connectivity index (χ0v) is 10.8. The summed E-state index contributed by atoms with van der Waals surface area (Å²) in [5, 5.41) is 6.93. The fraction of sp³-hybridized carbons (Fsp3) is 0.667. The molecule has 3 rings (SSSR count). The van der Waals surface area contributed by atoms with Gasteiger partial charge < -0.3 is 20.3 Å². The second kappa shape index (κ2) is 5.08. The lowest BCUT2D eigenvalue weighted by Gasteiger charge is -2.30. The van der Waals surface area contributed by atoms with E-state index in [2.05, 4.69) is 10.2 Å². The number of anilines is 1. The molecule has 0 aliphatic carbocycles. The highest BCUT2D eigenvalue weighted by molar-refractivity contribution is 5.75. The summed E-state index contributed by atoms with van der Waals surface area (Å²) in [5.41, 5.74) is 6.59. The highest BCUT2D eigenvalue weighted by Crippen LogP contribution is 2.27. The predicted octanol–water partition coefficient (Wildman–Crippen LogP) is 0.233. The smallest absolute Gasteiger partial charge is 0.320 e. The summed E-state index contributed by atoms with van der Waals surface area (Å²) in [4.78, 5) is 16.1. The number of nitrogens with one attached hydrogen (secondary N) is 1. The van der Waals surface area contributed by atoms with Crippen molar-refractivity contribution < 1.29 is 9.53 Å². The molecule has 3 heterocycles. The third-order valence-electron chi connectivity index (χ3n) is 3.78. The van der Waals surface area contributed by atoms with E-state index in [1.165, 1.54) is 0 Å². The molecule has 104 valence electrons. The summed E-state index contributed by atoms with van der Waals surface area (Å²) in [5.74, 6) is 0.867. The molecule has 7 heteroatoms. The van der Waals surface area contributed by atoms with Crippen LogP contribution in [0.25, 0.3) is 0 Å². The van der Waals surface area contributed by atoms with E-state index in [9.17, 15) is 4.79 Å². The van der Waals surface area contributed by atoms with E-state index < -0.39 is 0 Å². The Labute approximate surface area is 111 Å². The van der Waals surface area contributed by atoms with Crippen LogP contribution in [0.1, 0.15) is 18.0 Å². The normalized spacial score (nSPS) is 23.9. The zero-order valence-electron chi connectivity index (χ0n) is 10.8. The Kier molecular flexibility index (Phi) is 3.29. The number of hydrogen-bond acceptors (Lipinski definition) is 4. The lowest BCUT2D eigenvalue weighted by molar-refractivity contribution is 0.0450. The number of urea groups is 1. The van der Waals surface area contributed by atoms with Crippen LogP contribution < -0.4 is 5.73 Å². The van der Waals surface area contributed by atoms with E-state index in [1.54, 1.807) is 0 Å². The Morgan fingerprint density at radius 2 is 2.16 bits per heavy atom. The van der Waals surface area contributed by atoms with Crippen molar-refractivity contribution in [2.75, 3.05) is 45.1 Å². The number of nitrogens with zero attached hydrogens (tertiary/aromatic N) is 3. The zero-order chi connectivity index (χ0) is 13.2. The van der Waals surface area contributed by atoms with Crippen LogP contribution >= 0.6 is 0 Å². The molecular weight excluding hydrogens is 246 g/mol. The summed E-state index contributed by atoms with van der Waals surface area (Å²) in [6.07, 6.45) is 0.945. The first-order valence-corrected chi connectivity index (χ1v) is 6.66. The molecule has 2 fully saturated rings. The summed E-state index contributed by atoms with van der Waals surface area (Å²) in [6.45, 7) is 4.16. The molecule has 0 saturated carbocycles. The second-order valence-electron chi connectivity index (χ2n) is 5.06. The first kappa shape index (κ1) is 12.3. The van der Waals surface area contributed by atoms with Crippen LogP contribution in [0, 0.1) is 0 Å². The molecule has 19 heavy (non-hydrogen) atoms. The minimum Gasteiger partial charge on any atom is -0.384 e. The third-order valence-corrected chi connectivity index (χ3v) is 3.78. The van der Waals surface area contributed by atoms with E-state index in [1.807, 2.05) is 15.9 Å². The van der Waals surface area contributed by atoms with Crippen LogP contribution in [0.4, 0.5) is 10.6 Å². The van der Waals surface area contributed by atoms with Crippen LogP contribution in [0.5, 0.6) is 0 Å². The number of carbonyl (C=O) groups is 1. The molecule has 7 nitrogen and oxygen atoms in total. The van der Waals surface area contributed by atoms with Gasteiger partial charge in [-0.1, -0.05) is 0 Å². The molecule has 0 aromatic carbocycles. The number of ether oxygens (including phenoxy) is 1. The predicted molar refractivity (Wildman–Crippen MR) is 69.7 cm³/mol. The van der Waals surface area contributed by atoms with Gasteiger partial charge in [-0.25, -0.2) is 4.79 Å². The molecule has 0 bridgehead atoms. The molecule has 2 saturated heterocycles. The van der Waals surface area contributed by atoms with Gasteiger partial charge in [0.25, 0.3) is 0 Å². The first-order chi connectivity index (χ1) is 9.24. The lowest BCUT2D eigenvalue weighted by Crippen LogP contribution is -2.47. The summed E-state index contributed by atoms with van der Waals surface area (Å²) in [7, 11) is 0. The molecule has 1 aromatic heterocycles. The number of carbonyl (C=O) groups excluding carboxylic acids is 1. The van der Waals surface area contributed by atoms with Gasteiger partial charge in [0.1, 0.15) is 5.82 Å².